The van der Waals surface area contributed by atoms with E-state index in [1.165, 1.54) is 5.57 Å². The fourth-order valence-electron chi connectivity index (χ4n) is 10.4. The molecule has 2 bridgehead atoms. The number of aliphatic hydroxyl groups is 3. The minimum absolute atomic E-state index is 0.0174. The van der Waals surface area contributed by atoms with E-state index in [2.05, 4.69) is 42.8 Å². The van der Waals surface area contributed by atoms with Crippen LogP contribution in [0.15, 0.2) is 76.9 Å². The highest BCUT2D eigenvalue weighted by molar-refractivity contribution is 5.97. The Morgan fingerprint density at radius 2 is 2.04 bits per heavy atom. The molecule has 3 saturated carbocycles. The van der Waals surface area contributed by atoms with E-state index < -0.39 is 23.3 Å². The van der Waals surface area contributed by atoms with Crippen molar-refractivity contribution in [3.8, 4) is 11.8 Å². The van der Waals surface area contributed by atoms with Crippen LogP contribution in [-0.4, -0.2) is 58.5 Å². The zero-order valence-corrected chi connectivity index (χ0v) is 31.6. The van der Waals surface area contributed by atoms with Gasteiger partial charge in [-0.2, -0.15) is 0 Å². The minimum atomic E-state index is -1.12. The van der Waals surface area contributed by atoms with Crippen LogP contribution in [0.25, 0.3) is 0 Å². The van der Waals surface area contributed by atoms with Crippen LogP contribution >= 0.6 is 0 Å². The Morgan fingerprint density at radius 3 is 2.85 bits per heavy atom. The number of fused-ring (bicyclic) bond motifs is 2. The van der Waals surface area contributed by atoms with Crippen molar-refractivity contribution in [2.75, 3.05) is 19.8 Å². The molecule has 7 unspecified atom stereocenters. The maximum Gasteiger partial charge on any atom is 0.225 e. The van der Waals surface area contributed by atoms with Crippen molar-refractivity contribution in [1.82, 2.24) is 5.32 Å². The molecule has 2 heterocycles. The number of aliphatic hydroxyl groups excluding tert-OH is 2. The molecule has 7 atom stereocenters. The summed E-state index contributed by atoms with van der Waals surface area (Å²) in [4.78, 5) is 26.7. The van der Waals surface area contributed by atoms with Crippen LogP contribution in [-0.2, 0) is 27.2 Å². The first kappa shape index (κ1) is 39.1. The number of ether oxygens (including phenoxy) is 1. The summed E-state index contributed by atoms with van der Waals surface area (Å²) in [6.45, 7) is 8.83. The summed E-state index contributed by atoms with van der Waals surface area (Å²) in [6, 6.07) is 5.68. The number of allylic oxidation sites excluding steroid dienone is 8. The maximum atomic E-state index is 14.3. The van der Waals surface area contributed by atoms with Crippen molar-refractivity contribution in [1.29, 1.82) is 0 Å². The molecule has 3 fully saturated rings. The van der Waals surface area contributed by atoms with Crippen molar-refractivity contribution < 1.29 is 29.6 Å². The summed E-state index contributed by atoms with van der Waals surface area (Å²) in [5.74, 6) is 5.76. The van der Waals surface area contributed by atoms with Gasteiger partial charge in [0, 0.05) is 30.8 Å². The Labute approximate surface area is 315 Å². The molecule has 1 aromatic rings. The second kappa shape index (κ2) is 16.8. The van der Waals surface area contributed by atoms with E-state index in [0.717, 1.165) is 59.1 Å². The first-order chi connectivity index (χ1) is 25.5. The number of nitrogens with one attached hydrogen (secondary N) is 1. The zero-order chi connectivity index (χ0) is 37.8. The number of carbonyl (C=O) groups excluding carboxylic acids is 2. The molecule has 284 valence electrons. The third-order valence-electron chi connectivity index (χ3n) is 13.0. The van der Waals surface area contributed by atoms with E-state index in [0.29, 0.717) is 57.1 Å². The monoisotopic (exact) mass is 722 g/mol. The Kier molecular flexibility index (Phi) is 12.4. The number of rotatable bonds is 7. The highest BCUT2D eigenvalue weighted by atomic mass is 16.5. The van der Waals surface area contributed by atoms with Crippen LogP contribution < -0.4 is 11.1 Å². The van der Waals surface area contributed by atoms with E-state index in [9.17, 15) is 24.9 Å². The predicted molar refractivity (Wildman–Crippen MR) is 207 cm³/mol. The number of nitrogens with two attached hydrogens (primary N) is 1. The van der Waals surface area contributed by atoms with Crippen LogP contribution in [0.1, 0.15) is 107 Å². The summed E-state index contributed by atoms with van der Waals surface area (Å²) in [6.07, 6.45) is 14.7. The lowest BCUT2D eigenvalue weighted by Gasteiger charge is -2.57. The molecule has 2 aliphatic heterocycles. The number of carbonyl (C=O) groups is 2. The van der Waals surface area contributed by atoms with E-state index in [-0.39, 0.29) is 55.5 Å². The predicted octanol–water partition coefficient (Wildman–Crippen LogP) is 6.01. The fraction of sp³-hybridized carbons (Fsp3) is 0.556. The van der Waals surface area contributed by atoms with Crippen LogP contribution in [0.4, 0.5) is 0 Å². The highest BCUT2D eigenvalue weighted by Crippen LogP contribution is 2.67. The number of hydrogen-bond donors (Lipinski definition) is 5. The summed E-state index contributed by atoms with van der Waals surface area (Å²) in [5.41, 5.74) is 11.5. The molecular formula is C45H58N2O6. The van der Waals surface area contributed by atoms with Gasteiger partial charge in [0.1, 0.15) is 12.8 Å². The van der Waals surface area contributed by atoms with Gasteiger partial charge in [0.05, 0.1) is 24.7 Å². The second-order valence-electron chi connectivity index (χ2n) is 16.1. The van der Waals surface area contributed by atoms with Crippen LogP contribution in [0, 0.1) is 35.0 Å². The van der Waals surface area contributed by atoms with Crippen LogP contribution in [0.5, 0.6) is 0 Å². The molecule has 1 amide bonds. The Morgan fingerprint density at radius 1 is 1.21 bits per heavy atom. The largest absolute Gasteiger partial charge is 0.396 e. The van der Waals surface area contributed by atoms with Crippen molar-refractivity contribution in [2.24, 2.45) is 28.9 Å². The topological polar surface area (TPSA) is 142 Å². The SMILES string of the molecule is C=C1C=CC=C(C2C3CCCC4(O)CCC(=C(C)C(=O)Cc5cccc6c5CC(=O)NC6N)C(CCCO)C4(C3)C2O)COCC#CCC(C)=CCC1. The normalized spacial score (nSPS) is 33.1. The third-order valence-corrected chi connectivity index (χ3v) is 13.0. The van der Waals surface area contributed by atoms with Gasteiger partial charge in [0.2, 0.25) is 5.91 Å². The third kappa shape index (κ3) is 7.97. The smallest absolute Gasteiger partial charge is 0.225 e. The summed E-state index contributed by atoms with van der Waals surface area (Å²) >= 11 is 0. The first-order valence-electron chi connectivity index (χ1n) is 19.6. The quantitative estimate of drug-likeness (QED) is 0.132. The van der Waals surface area contributed by atoms with Gasteiger partial charge in [0.15, 0.2) is 5.78 Å². The van der Waals surface area contributed by atoms with Crippen molar-refractivity contribution in [2.45, 2.75) is 115 Å². The minimum Gasteiger partial charge on any atom is -0.396 e. The lowest BCUT2D eigenvalue weighted by atomic mass is 9.51. The van der Waals surface area contributed by atoms with Crippen LogP contribution in [0.3, 0.4) is 0 Å². The fourth-order valence-corrected chi connectivity index (χ4v) is 10.4. The van der Waals surface area contributed by atoms with Gasteiger partial charge in [0.25, 0.3) is 0 Å². The van der Waals surface area contributed by atoms with Gasteiger partial charge in [-0.15, -0.1) is 0 Å². The van der Waals surface area contributed by atoms with Gasteiger partial charge < -0.3 is 31.1 Å². The van der Waals surface area contributed by atoms with E-state index >= 15 is 0 Å². The average Bonchev–Trinajstić information content (AvgIpc) is 3.30. The Bertz CT molecular complexity index is 1780. The molecule has 53 heavy (non-hydrogen) atoms. The van der Waals surface area contributed by atoms with E-state index in [4.69, 9.17) is 10.5 Å². The van der Waals surface area contributed by atoms with Gasteiger partial charge in [-0.05, 0) is 111 Å². The lowest BCUT2D eigenvalue weighted by Crippen LogP contribution is -2.61. The first-order valence-corrected chi connectivity index (χ1v) is 19.6. The number of amides is 1. The molecule has 0 aromatic heterocycles. The standard InChI is InChI=1S/C45H58N2O6/c1-29-11-4-5-24-53-28-34(16-7-14-30(2)13-6-12-29)41-33-17-9-21-44(52)22-20-35(38(19-10-23-48)45(44,27-33)42(41)51)31(3)39(49)25-32-15-8-18-36-37(32)26-40(50)47-43(36)46/h7-8,12,14-16,18,33,38,41-43,48,51-52H,2,6,9-11,13,17,19-28,46H2,1,3H3,(H,47,50). The molecular weight excluding hydrogens is 665 g/mol. The molecule has 6 rings (SSSR count). The molecule has 8 nitrogen and oxygen atoms in total. The van der Waals surface area contributed by atoms with Crippen molar-refractivity contribution >= 4 is 11.7 Å². The molecule has 5 aliphatic rings. The number of Topliss-reactive ketones (excluding diaryl/α,β-unsaturated/α-hetero) is 1. The molecule has 8 heteroatoms. The molecule has 0 radical (unpaired) electrons. The summed E-state index contributed by atoms with van der Waals surface area (Å²) in [5, 5.41) is 38.5. The molecule has 6 N–H and O–H groups in total. The van der Waals surface area contributed by atoms with E-state index in [1.54, 1.807) is 0 Å². The number of hydrogen-bond acceptors (Lipinski definition) is 7. The molecule has 1 spiro atoms. The zero-order valence-electron chi connectivity index (χ0n) is 31.6. The number of ketones is 1. The molecule has 1 aromatic carbocycles. The highest BCUT2D eigenvalue weighted by Gasteiger charge is 2.68. The van der Waals surface area contributed by atoms with Gasteiger partial charge >= 0.3 is 0 Å². The maximum absolute atomic E-state index is 14.3. The average molecular weight is 723 g/mol. The Balaban J connectivity index is 1.36. The lowest BCUT2D eigenvalue weighted by molar-refractivity contribution is -0.181. The summed E-state index contributed by atoms with van der Waals surface area (Å²) in [7, 11) is 0. The second-order valence-corrected chi connectivity index (χ2v) is 16.1. The van der Waals surface area contributed by atoms with Crippen molar-refractivity contribution in [3.05, 3.63) is 93.6 Å². The van der Waals surface area contributed by atoms with Crippen LogP contribution in [0.2, 0.25) is 0 Å². The Hall–Kier alpha value is -3.58. The molecule has 0 saturated heterocycles. The van der Waals surface area contributed by atoms with Crippen molar-refractivity contribution in [3.63, 3.8) is 0 Å². The molecule has 3 aliphatic carbocycles. The van der Waals surface area contributed by atoms with E-state index in [1.807, 2.05) is 37.3 Å². The number of benzene rings is 1. The van der Waals surface area contributed by atoms with Gasteiger partial charge in [-0.3, -0.25) is 9.59 Å². The van der Waals surface area contributed by atoms with Gasteiger partial charge in [-0.1, -0.05) is 84.1 Å². The summed E-state index contributed by atoms with van der Waals surface area (Å²) < 4.78 is 6.16. The van der Waals surface area contributed by atoms with Gasteiger partial charge in [-0.25, -0.2) is 0 Å².